The molecule has 2 N–H and O–H groups in total. The number of nitrogens with two attached hydrogens (primary N) is 1. The van der Waals surface area contributed by atoms with Gasteiger partial charge in [0.2, 0.25) is 0 Å². The van der Waals surface area contributed by atoms with Crippen molar-refractivity contribution in [1.82, 2.24) is 0 Å². The number of carbonyl (C=O) groups is 1. The molecule has 1 aliphatic carbocycles. The minimum absolute atomic E-state index is 0.131. The summed E-state index contributed by atoms with van der Waals surface area (Å²) >= 11 is 1.62. The topological polar surface area (TPSA) is 52.3 Å². The average Bonchev–Trinajstić information content (AvgIpc) is 2.63. The van der Waals surface area contributed by atoms with Crippen molar-refractivity contribution < 1.29 is 9.53 Å². The smallest absolute Gasteiger partial charge is 0.323 e. The first-order valence-corrected chi connectivity index (χ1v) is 6.12. The Morgan fingerprint density at radius 1 is 1.67 bits per heavy atom. The van der Waals surface area contributed by atoms with Crippen LogP contribution in [0.25, 0.3) is 0 Å². The third kappa shape index (κ3) is 2.79. The standard InChI is InChI=1S/C11H15NO2S/c12-10(7-9-5-2-6-15-9)11(13)14-8-3-1-4-8/h2,5-6,8,10H,1,3-4,7,12H2. The van der Waals surface area contributed by atoms with Crippen LogP contribution in [0.15, 0.2) is 17.5 Å². The molecule has 0 saturated heterocycles. The Balaban J connectivity index is 1.79. The molecule has 1 aromatic rings. The largest absolute Gasteiger partial charge is 0.461 e. The molecule has 0 bridgehead atoms. The Morgan fingerprint density at radius 2 is 2.47 bits per heavy atom. The van der Waals surface area contributed by atoms with Crippen LogP contribution in [0.2, 0.25) is 0 Å². The molecule has 0 spiro atoms. The quantitative estimate of drug-likeness (QED) is 0.794. The third-order valence-electron chi connectivity index (χ3n) is 2.64. The van der Waals surface area contributed by atoms with Crippen LogP contribution in [0, 0.1) is 0 Å². The Bertz CT molecular complexity index is 319. The lowest BCUT2D eigenvalue weighted by Gasteiger charge is -2.26. The highest BCUT2D eigenvalue weighted by molar-refractivity contribution is 7.09. The van der Waals surface area contributed by atoms with Gasteiger partial charge in [0, 0.05) is 11.3 Å². The van der Waals surface area contributed by atoms with Gasteiger partial charge in [0.15, 0.2) is 0 Å². The molecule has 1 aromatic heterocycles. The lowest BCUT2D eigenvalue weighted by molar-refractivity contribution is -0.154. The van der Waals surface area contributed by atoms with Gasteiger partial charge in [0.1, 0.15) is 12.1 Å². The number of hydrogen-bond donors (Lipinski definition) is 1. The molecule has 82 valence electrons. The predicted octanol–water partition coefficient (Wildman–Crippen LogP) is 1.71. The average molecular weight is 225 g/mol. The summed E-state index contributed by atoms with van der Waals surface area (Å²) in [6.07, 6.45) is 3.88. The van der Waals surface area contributed by atoms with Crippen LogP contribution in [0.3, 0.4) is 0 Å². The Hall–Kier alpha value is -0.870. The van der Waals surface area contributed by atoms with Gasteiger partial charge < -0.3 is 10.5 Å². The van der Waals surface area contributed by atoms with Gasteiger partial charge in [-0.1, -0.05) is 6.07 Å². The first-order valence-electron chi connectivity index (χ1n) is 5.24. The van der Waals surface area contributed by atoms with Crippen molar-refractivity contribution in [1.29, 1.82) is 0 Å². The minimum atomic E-state index is -0.510. The maximum atomic E-state index is 11.5. The Kier molecular flexibility index (Phi) is 3.38. The van der Waals surface area contributed by atoms with Crippen molar-refractivity contribution in [3.8, 4) is 0 Å². The van der Waals surface area contributed by atoms with Crippen LogP contribution in [0.5, 0.6) is 0 Å². The Labute approximate surface area is 93.2 Å². The molecule has 1 saturated carbocycles. The van der Waals surface area contributed by atoms with Crippen LogP contribution in [-0.4, -0.2) is 18.1 Å². The zero-order valence-corrected chi connectivity index (χ0v) is 9.33. The van der Waals surface area contributed by atoms with Crippen LogP contribution in [-0.2, 0) is 16.0 Å². The van der Waals surface area contributed by atoms with Crippen LogP contribution in [0.4, 0.5) is 0 Å². The molecule has 1 unspecified atom stereocenters. The fraction of sp³-hybridized carbons (Fsp3) is 0.545. The molecule has 1 aliphatic rings. The molecule has 2 rings (SSSR count). The van der Waals surface area contributed by atoms with Gasteiger partial charge in [-0.05, 0) is 30.7 Å². The molecule has 4 heteroatoms. The molecule has 0 radical (unpaired) electrons. The molecule has 0 aliphatic heterocycles. The van der Waals surface area contributed by atoms with Crippen molar-refractivity contribution in [3.05, 3.63) is 22.4 Å². The van der Waals surface area contributed by atoms with Gasteiger partial charge >= 0.3 is 5.97 Å². The van der Waals surface area contributed by atoms with Gasteiger partial charge in [-0.2, -0.15) is 0 Å². The maximum Gasteiger partial charge on any atom is 0.323 e. The molecule has 0 aromatic carbocycles. The van der Waals surface area contributed by atoms with E-state index in [0.717, 1.165) is 24.1 Å². The van der Waals surface area contributed by atoms with Crippen molar-refractivity contribution >= 4 is 17.3 Å². The first-order chi connectivity index (χ1) is 7.25. The zero-order valence-electron chi connectivity index (χ0n) is 8.52. The van der Waals surface area contributed by atoms with E-state index in [9.17, 15) is 4.79 Å². The van der Waals surface area contributed by atoms with Crippen molar-refractivity contribution in [2.45, 2.75) is 37.8 Å². The van der Waals surface area contributed by atoms with Crippen molar-refractivity contribution in [2.24, 2.45) is 5.73 Å². The second-order valence-corrected chi connectivity index (χ2v) is 4.91. The van der Waals surface area contributed by atoms with Crippen LogP contribution in [0.1, 0.15) is 24.1 Å². The van der Waals surface area contributed by atoms with E-state index in [1.54, 1.807) is 11.3 Å². The Morgan fingerprint density at radius 3 is 3.00 bits per heavy atom. The van der Waals surface area contributed by atoms with Gasteiger partial charge in [0.05, 0.1) is 0 Å². The summed E-state index contributed by atoms with van der Waals surface area (Å²) in [5, 5.41) is 1.99. The number of hydrogen-bond acceptors (Lipinski definition) is 4. The number of ether oxygens (including phenoxy) is 1. The van der Waals surface area contributed by atoms with Gasteiger partial charge in [-0.15, -0.1) is 11.3 Å². The number of carbonyl (C=O) groups excluding carboxylic acids is 1. The molecule has 1 heterocycles. The number of thiophene rings is 1. The minimum Gasteiger partial charge on any atom is -0.461 e. The van der Waals surface area contributed by atoms with E-state index in [4.69, 9.17) is 10.5 Å². The summed E-state index contributed by atoms with van der Waals surface area (Å²) in [5.74, 6) is -0.256. The highest BCUT2D eigenvalue weighted by Gasteiger charge is 2.25. The second-order valence-electron chi connectivity index (χ2n) is 3.88. The highest BCUT2D eigenvalue weighted by atomic mass is 32.1. The lowest BCUT2D eigenvalue weighted by Crippen LogP contribution is -2.38. The number of rotatable bonds is 4. The normalized spacial score (nSPS) is 18.2. The number of esters is 1. The van der Waals surface area contributed by atoms with Crippen LogP contribution >= 0.6 is 11.3 Å². The first kappa shape index (κ1) is 10.6. The molecule has 3 nitrogen and oxygen atoms in total. The molecule has 1 atom stereocenters. The fourth-order valence-electron chi connectivity index (χ4n) is 1.47. The van der Waals surface area contributed by atoms with E-state index >= 15 is 0 Å². The summed E-state index contributed by atoms with van der Waals surface area (Å²) in [4.78, 5) is 12.7. The van der Waals surface area contributed by atoms with Gasteiger partial charge in [-0.3, -0.25) is 4.79 Å². The summed E-state index contributed by atoms with van der Waals surface area (Å²) in [6.45, 7) is 0. The summed E-state index contributed by atoms with van der Waals surface area (Å²) in [5.41, 5.74) is 5.77. The molecular formula is C11H15NO2S. The zero-order chi connectivity index (χ0) is 10.7. The molecular weight excluding hydrogens is 210 g/mol. The summed E-state index contributed by atoms with van der Waals surface area (Å²) in [7, 11) is 0. The lowest BCUT2D eigenvalue weighted by atomic mass is 9.96. The van der Waals surface area contributed by atoms with E-state index < -0.39 is 6.04 Å². The fourth-order valence-corrected chi connectivity index (χ4v) is 2.23. The molecule has 0 amide bonds. The van der Waals surface area contributed by atoms with E-state index in [-0.39, 0.29) is 12.1 Å². The highest BCUT2D eigenvalue weighted by Crippen LogP contribution is 2.22. The monoisotopic (exact) mass is 225 g/mol. The van der Waals surface area contributed by atoms with Gasteiger partial charge in [-0.25, -0.2) is 0 Å². The summed E-state index contributed by atoms with van der Waals surface area (Å²) in [6, 6.07) is 3.44. The molecule has 15 heavy (non-hydrogen) atoms. The van der Waals surface area contributed by atoms with E-state index in [2.05, 4.69) is 0 Å². The molecule has 1 fully saturated rings. The van der Waals surface area contributed by atoms with Crippen molar-refractivity contribution in [2.75, 3.05) is 0 Å². The van der Waals surface area contributed by atoms with Crippen molar-refractivity contribution in [3.63, 3.8) is 0 Å². The predicted molar refractivity (Wildman–Crippen MR) is 59.7 cm³/mol. The van der Waals surface area contributed by atoms with E-state index in [1.165, 1.54) is 0 Å². The SMILES string of the molecule is NC(Cc1cccs1)C(=O)OC1CCC1. The van der Waals surface area contributed by atoms with Crippen LogP contribution < -0.4 is 5.73 Å². The van der Waals surface area contributed by atoms with E-state index in [1.807, 2.05) is 17.5 Å². The van der Waals surface area contributed by atoms with E-state index in [0.29, 0.717) is 6.42 Å². The second kappa shape index (κ2) is 4.77. The van der Waals surface area contributed by atoms with Gasteiger partial charge in [0.25, 0.3) is 0 Å². The third-order valence-corrected chi connectivity index (χ3v) is 3.54. The maximum absolute atomic E-state index is 11.5. The summed E-state index contributed by atoms with van der Waals surface area (Å²) < 4.78 is 5.24.